The summed E-state index contributed by atoms with van der Waals surface area (Å²) in [5.74, 6) is 2.79. The van der Waals surface area contributed by atoms with Crippen molar-refractivity contribution in [3.63, 3.8) is 0 Å². The van der Waals surface area contributed by atoms with Crippen LogP contribution < -0.4 is 4.90 Å². The van der Waals surface area contributed by atoms with Gasteiger partial charge in [0.2, 0.25) is 0 Å². The lowest BCUT2D eigenvalue weighted by Gasteiger charge is -2.38. The monoisotopic (exact) mass is 256 g/mol. The Labute approximate surface area is 106 Å². The van der Waals surface area contributed by atoms with Crippen molar-refractivity contribution >= 4 is 29.2 Å². The van der Waals surface area contributed by atoms with Gasteiger partial charge in [-0.05, 0) is 31.5 Å². The summed E-state index contributed by atoms with van der Waals surface area (Å²) < 4.78 is 0.316. The highest BCUT2D eigenvalue weighted by atomic mass is 35.5. The van der Waals surface area contributed by atoms with Gasteiger partial charge in [0.15, 0.2) is 0 Å². The van der Waals surface area contributed by atoms with Crippen LogP contribution in [0.25, 0.3) is 0 Å². The fourth-order valence-electron chi connectivity index (χ4n) is 1.93. The Bertz CT molecular complexity index is 368. The van der Waals surface area contributed by atoms with Crippen molar-refractivity contribution in [2.45, 2.75) is 24.5 Å². The number of hydrogen-bond acceptors (Lipinski definition) is 3. The predicted octanol–water partition coefficient (Wildman–Crippen LogP) is 3.15. The second-order valence-electron chi connectivity index (χ2n) is 4.69. The van der Waals surface area contributed by atoms with Crippen molar-refractivity contribution in [3.8, 4) is 0 Å². The van der Waals surface area contributed by atoms with Crippen molar-refractivity contribution in [3.05, 3.63) is 23.9 Å². The summed E-state index contributed by atoms with van der Waals surface area (Å²) in [6, 6.07) is 4.07. The molecule has 0 bridgehead atoms. The molecule has 2 rings (SSSR count). The number of thioether (sulfide) groups is 1. The molecule has 0 amide bonds. The summed E-state index contributed by atoms with van der Waals surface area (Å²) in [4.78, 5) is 6.79. The first-order valence-electron chi connectivity index (χ1n) is 5.50. The van der Waals surface area contributed by atoms with E-state index in [9.17, 15) is 0 Å². The largest absolute Gasteiger partial charge is 0.354 e. The number of alkyl halides is 1. The van der Waals surface area contributed by atoms with Crippen LogP contribution in [0.2, 0.25) is 0 Å². The van der Waals surface area contributed by atoms with E-state index < -0.39 is 0 Å². The van der Waals surface area contributed by atoms with Gasteiger partial charge in [0.05, 0.1) is 0 Å². The lowest BCUT2D eigenvalue weighted by Crippen LogP contribution is -2.43. The van der Waals surface area contributed by atoms with E-state index in [1.165, 1.54) is 5.75 Å². The summed E-state index contributed by atoms with van der Waals surface area (Å²) in [6.45, 7) is 6.70. The molecule has 2 heterocycles. The lowest BCUT2D eigenvalue weighted by molar-refractivity contribution is 0.642. The van der Waals surface area contributed by atoms with Gasteiger partial charge in [-0.15, -0.1) is 11.6 Å². The number of pyridine rings is 1. The van der Waals surface area contributed by atoms with Crippen molar-refractivity contribution in [2.24, 2.45) is 0 Å². The van der Waals surface area contributed by atoms with E-state index in [-0.39, 0.29) is 0 Å². The fourth-order valence-corrected chi connectivity index (χ4v) is 3.21. The molecule has 0 N–H and O–H groups in total. The summed E-state index contributed by atoms with van der Waals surface area (Å²) in [5, 5.41) is 0. The van der Waals surface area contributed by atoms with E-state index in [0.29, 0.717) is 10.6 Å². The standard InChI is InChI=1S/C12H17ClN2S/c1-12(2)9-15(5-6-16-12)11-7-10(8-13)3-4-14-11/h3-4,7H,5-6,8-9H2,1-2H3. The molecule has 0 spiro atoms. The molecule has 1 aliphatic heterocycles. The van der Waals surface area contributed by atoms with E-state index in [1.807, 2.05) is 24.0 Å². The van der Waals surface area contributed by atoms with Crippen LogP contribution in [0.5, 0.6) is 0 Å². The van der Waals surface area contributed by atoms with Crippen molar-refractivity contribution in [1.29, 1.82) is 0 Å². The Hall–Kier alpha value is -0.410. The molecule has 2 nitrogen and oxygen atoms in total. The van der Waals surface area contributed by atoms with Crippen molar-refractivity contribution in [2.75, 3.05) is 23.7 Å². The molecule has 1 aromatic heterocycles. The van der Waals surface area contributed by atoms with Gasteiger partial charge in [-0.25, -0.2) is 4.98 Å². The fraction of sp³-hybridized carbons (Fsp3) is 0.583. The molecular weight excluding hydrogens is 240 g/mol. The molecule has 1 fully saturated rings. The van der Waals surface area contributed by atoms with E-state index in [0.717, 1.165) is 24.5 Å². The molecule has 4 heteroatoms. The van der Waals surface area contributed by atoms with E-state index >= 15 is 0 Å². The second kappa shape index (κ2) is 4.84. The molecule has 1 aliphatic rings. The highest BCUT2D eigenvalue weighted by Gasteiger charge is 2.27. The first-order valence-corrected chi connectivity index (χ1v) is 7.02. The molecule has 0 aromatic carbocycles. The van der Waals surface area contributed by atoms with Crippen LogP contribution in [0.15, 0.2) is 18.3 Å². The SMILES string of the molecule is CC1(C)CN(c2cc(CCl)ccn2)CCS1. The number of hydrogen-bond donors (Lipinski definition) is 0. The quantitative estimate of drug-likeness (QED) is 0.757. The molecule has 0 aliphatic carbocycles. The van der Waals surface area contributed by atoms with Crippen molar-refractivity contribution < 1.29 is 0 Å². The number of halogens is 1. The molecule has 0 unspecified atom stereocenters. The van der Waals surface area contributed by atoms with Crippen LogP contribution in [0.3, 0.4) is 0 Å². The van der Waals surface area contributed by atoms with Gasteiger partial charge in [-0.1, -0.05) is 0 Å². The van der Waals surface area contributed by atoms with Gasteiger partial charge >= 0.3 is 0 Å². The highest BCUT2D eigenvalue weighted by molar-refractivity contribution is 8.00. The summed E-state index contributed by atoms with van der Waals surface area (Å²) in [6.07, 6.45) is 1.85. The van der Waals surface area contributed by atoms with Gasteiger partial charge in [0.25, 0.3) is 0 Å². The first kappa shape index (κ1) is 12.1. The third-order valence-electron chi connectivity index (χ3n) is 2.71. The average molecular weight is 257 g/mol. The van der Waals surface area contributed by atoms with Crippen LogP contribution in [0, 0.1) is 0 Å². The maximum atomic E-state index is 5.84. The Morgan fingerprint density at radius 3 is 3.06 bits per heavy atom. The lowest BCUT2D eigenvalue weighted by atomic mass is 10.2. The zero-order valence-electron chi connectivity index (χ0n) is 9.74. The minimum atomic E-state index is 0.316. The highest BCUT2D eigenvalue weighted by Crippen LogP contribution is 2.31. The molecule has 16 heavy (non-hydrogen) atoms. The van der Waals surface area contributed by atoms with Crippen molar-refractivity contribution in [1.82, 2.24) is 4.98 Å². The van der Waals surface area contributed by atoms with Crippen LogP contribution in [0.1, 0.15) is 19.4 Å². The Morgan fingerprint density at radius 1 is 1.56 bits per heavy atom. The zero-order chi connectivity index (χ0) is 11.6. The van der Waals surface area contributed by atoms with E-state index in [4.69, 9.17) is 11.6 Å². The number of anilines is 1. The maximum Gasteiger partial charge on any atom is 0.128 e. The van der Waals surface area contributed by atoms with Gasteiger partial charge in [-0.3, -0.25) is 0 Å². The average Bonchev–Trinajstić information content (AvgIpc) is 2.28. The van der Waals surface area contributed by atoms with Gasteiger partial charge in [0.1, 0.15) is 5.82 Å². The third kappa shape index (κ3) is 2.83. The van der Waals surface area contributed by atoms with Gasteiger partial charge in [-0.2, -0.15) is 11.8 Å². The summed E-state index contributed by atoms with van der Waals surface area (Å²) >= 11 is 7.88. The maximum absolute atomic E-state index is 5.84. The summed E-state index contributed by atoms with van der Waals surface area (Å²) in [7, 11) is 0. The van der Waals surface area contributed by atoms with Crippen LogP contribution in [-0.4, -0.2) is 28.6 Å². The molecule has 1 saturated heterocycles. The smallest absolute Gasteiger partial charge is 0.128 e. The molecule has 0 radical (unpaired) electrons. The van der Waals surface area contributed by atoms with Crippen LogP contribution >= 0.6 is 23.4 Å². The van der Waals surface area contributed by atoms with E-state index in [1.54, 1.807) is 0 Å². The molecule has 1 aromatic rings. The predicted molar refractivity (Wildman–Crippen MR) is 72.5 cm³/mol. The zero-order valence-corrected chi connectivity index (χ0v) is 11.3. The Balaban J connectivity index is 2.16. The van der Waals surface area contributed by atoms with Crippen LogP contribution in [-0.2, 0) is 5.88 Å². The number of rotatable bonds is 2. The minimum absolute atomic E-state index is 0.316. The van der Waals surface area contributed by atoms with Crippen LogP contribution in [0.4, 0.5) is 5.82 Å². The Kier molecular flexibility index (Phi) is 3.65. The van der Waals surface area contributed by atoms with Gasteiger partial charge in [0, 0.05) is 35.7 Å². The summed E-state index contributed by atoms with van der Waals surface area (Å²) in [5.41, 5.74) is 1.14. The third-order valence-corrected chi connectivity index (χ3v) is 4.32. The van der Waals surface area contributed by atoms with Gasteiger partial charge < -0.3 is 4.90 Å². The number of aromatic nitrogens is 1. The van der Waals surface area contributed by atoms with E-state index in [2.05, 4.69) is 29.8 Å². The minimum Gasteiger partial charge on any atom is -0.354 e. The Morgan fingerprint density at radius 2 is 2.38 bits per heavy atom. The molecule has 0 saturated carbocycles. The second-order valence-corrected chi connectivity index (χ2v) is 6.75. The molecule has 0 atom stereocenters. The first-order chi connectivity index (χ1) is 7.61. The number of nitrogens with zero attached hydrogens (tertiary/aromatic N) is 2. The topological polar surface area (TPSA) is 16.1 Å². The molecular formula is C12H17ClN2S. The normalized spacial score (nSPS) is 19.8. The molecule has 88 valence electrons.